The van der Waals surface area contributed by atoms with Gasteiger partial charge in [-0.25, -0.2) is 4.79 Å². The van der Waals surface area contributed by atoms with Crippen molar-refractivity contribution in [2.75, 3.05) is 26.9 Å². The highest BCUT2D eigenvalue weighted by Crippen LogP contribution is 2.21. The molecule has 1 atom stereocenters. The van der Waals surface area contributed by atoms with Gasteiger partial charge in [0.25, 0.3) is 0 Å². The van der Waals surface area contributed by atoms with E-state index in [9.17, 15) is 9.90 Å². The van der Waals surface area contributed by atoms with Crippen LogP contribution in [0.25, 0.3) is 11.0 Å². The average molecular weight is 385 g/mol. The Labute approximate surface area is 164 Å². The Bertz CT molecular complexity index is 976. The Morgan fingerprint density at radius 3 is 2.50 bits per heavy atom. The van der Waals surface area contributed by atoms with Crippen LogP contribution >= 0.6 is 0 Å². The summed E-state index contributed by atoms with van der Waals surface area (Å²) in [6, 6.07) is 13.3. The van der Waals surface area contributed by atoms with Crippen LogP contribution in [0, 0.1) is 0 Å². The Hall–Kier alpha value is -2.61. The third-order valence-electron chi connectivity index (χ3n) is 4.82. The fourth-order valence-corrected chi connectivity index (χ4v) is 3.11. The summed E-state index contributed by atoms with van der Waals surface area (Å²) in [4.78, 5) is 12.0. The molecule has 0 saturated heterocycles. The third-order valence-corrected chi connectivity index (χ3v) is 4.82. The highest BCUT2D eigenvalue weighted by Gasteiger charge is 2.13. The SMILES string of the molecule is COCCNCc1ccc(OC[C@H](O)c2ccc3c(c2)n(C)c(=O)n3C)cc1. The molecule has 0 unspecified atom stereocenters. The molecule has 2 N–H and O–H groups in total. The second-order valence-corrected chi connectivity index (χ2v) is 6.79. The van der Waals surface area contributed by atoms with Gasteiger partial charge in [0.2, 0.25) is 0 Å². The van der Waals surface area contributed by atoms with Crippen LogP contribution < -0.4 is 15.7 Å². The molecule has 150 valence electrons. The molecular weight excluding hydrogens is 358 g/mol. The van der Waals surface area contributed by atoms with Crippen LogP contribution in [0.4, 0.5) is 0 Å². The number of nitrogens with one attached hydrogen (secondary N) is 1. The molecule has 3 aromatic rings. The van der Waals surface area contributed by atoms with Gasteiger partial charge in [-0.05, 0) is 35.4 Å². The van der Waals surface area contributed by atoms with Crippen molar-refractivity contribution in [3.8, 4) is 5.75 Å². The minimum absolute atomic E-state index is 0.0883. The van der Waals surface area contributed by atoms with Crippen molar-refractivity contribution < 1.29 is 14.6 Å². The molecule has 3 rings (SSSR count). The van der Waals surface area contributed by atoms with Crippen molar-refractivity contribution in [1.82, 2.24) is 14.5 Å². The summed E-state index contributed by atoms with van der Waals surface area (Å²) in [5.41, 5.74) is 3.40. The number of aliphatic hydroxyl groups excluding tert-OH is 1. The molecule has 7 heteroatoms. The highest BCUT2D eigenvalue weighted by molar-refractivity contribution is 5.76. The van der Waals surface area contributed by atoms with E-state index in [1.807, 2.05) is 42.5 Å². The predicted octanol–water partition coefficient (Wildman–Crippen LogP) is 1.73. The molecular formula is C21H27N3O4. The quantitative estimate of drug-likeness (QED) is 0.549. The summed E-state index contributed by atoms with van der Waals surface area (Å²) in [7, 11) is 5.14. The predicted molar refractivity (Wildman–Crippen MR) is 109 cm³/mol. The molecule has 0 aliphatic heterocycles. The maximum Gasteiger partial charge on any atom is 0.328 e. The lowest BCUT2D eigenvalue weighted by molar-refractivity contribution is 0.108. The fraction of sp³-hybridized carbons (Fsp3) is 0.381. The standard InChI is InChI=1S/C21H27N3O4/c1-23-18-9-6-16(12-19(18)24(2)21(23)26)20(25)14-28-17-7-4-15(5-8-17)13-22-10-11-27-3/h4-9,12,20,22,25H,10-11,13-14H2,1-3H3/t20-/m0/s1. The number of hydrogen-bond donors (Lipinski definition) is 2. The van der Waals surface area contributed by atoms with Crippen molar-refractivity contribution in [3.63, 3.8) is 0 Å². The van der Waals surface area contributed by atoms with Crippen LogP contribution in [-0.4, -0.2) is 41.1 Å². The topological polar surface area (TPSA) is 77.7 Å². The van der Waals surface area contributed by atoms with E-state index in [4.69, 9.17) is 9.47 Å². The largest absolute Gasteiger partial charge is 0.491 e. The maximum absolute atomic E-state index is 12.0. The Morgan fingerprint density at radius 2 is 1.79 bits per heavy atom. The van der Waals surface area contributed by atoms with Gasteiger partial charge in [0, 0.05) is 34.3 Å². The summed E-state index contributed by atoms with van der Waals surface area (Å²) < 4.78 is 13.9. The molecule has 0 spiro atoms. The van der Waals surface area contributed by atoms with Crippen molar-refractivity contribution >= 4 is 11.0 Å². The number of ether oxygens (including phenoxy) is 2. The first-order chi connectivity index (χ1) is 13.5. The van der Waals surface area contributed by atoms with E-state index in [-0.39, 0.29) is 12.3 Å². The smallest absolute Gasteiger partial charge is 0.328 e. The summed E-state index contributed by atoms with van der Waals surface area (Å²) in [5.74, 6) is 0.702. The molecule has 28 heavy (non-hydrogen) atoms. The van der Waals surface area contributed by atoms with Crippen molar-refractivity contribution in [3.05, 3.63) is 64.1 Å². The summed E-state index contributed by atoms with van der Waals surface area (Å²) in [6.45, 7) is 2.39. The van der Waals surface area contributed by atoms with E-state index in [0.717, 1.165) is 29.7 Å². The van der Waals surface area contributed by atoms with Gasteiger partial charge < -0.3 is 19.9 Å². The van der Waals surface area contributed by atoms with Gasteiger partial charge >= 0.3 is 5.69 Å². The Balaban J connectivity index is 1.59. The lowest BCUT2D eigenvalue weighted by Crippen LogP contribution is -2.19. The average Bonchev–Trinajstić information content (AvgIpc) is 2.94. The molecule has 1 aromatic heterocycles. The van der Waals surface area contributed by atoms with E-state index in [1.54, 1.807) is 30.3 Å². The number of aliphatic hydroxyl groups is 1. The zero-order valence-corrected chi connectivity index (χ0v) is 16.5. The van der Waals surface area contributed by atoms with Crippen molar-refractivity contribution in [1.29, 1.82) is 0 Å². The van der Waals surface area contributed by atoms with Crippen LogP contribution in [0.15, 0.2) is 47.3 Å². The number of hydrogen-bond acceptors (Lipinski definition) is 5. The van der Waals surface area contributed by atoms with Gasteiger partial charge in [-0.1, -0.05) is 18.2 Å². The Morgan fingerprint density at radius 1 is 1.07 bits per heavy atom. The molecule has 1 heterocycles. The van der Waals surface area contributed by atoms with Crippen LogP contribution in [0.1, 0.15) is 17.2 Å². The third kappa shape index (κ3) is 4.44. The molecule has 0 aliphatic rings. The van der Waals surface area contributed by atoms with E-state index in [0.29, 0.717) is 17.9 Å². The van der Waals surface area contributed by atoms with Crippen LogP contribution in [0.3, 0.4) is 0 Å². The van der Waals surface area contributed by atoms with Crippen LogP contribution in [0.5, 0.6) is 5.75 Å². The molecule has 0 bridgehead atoms. The molecule has 2 aromatic carbocycles. The monoisotopic (exact) mass is 385 g/mol. The summed E-state index contributed by atoms with van der Waals surface area (Å²) in [6.07, 6.45) is -0.782. The molecule has 0 aliphatic carbocycles. The molecule has 0 fully saturated rings. The van der Waals surface area contributed by atoms with Crippen LogP contribution in [-0.2, 0) is 25.4 Å². The van der Waals surface area contributed by atoms with Gasteiger partial charge in [0.05, 0.1) is 17.6 Å². The fourth-order valence-electron chi connectivity index (χ4n) is 3.11. The second-order valence-electron chi connectivity index (χ2n) is 6.79. The van der Waals surface area contributed by atoms with E-state index >= 15 is 0 Å². The maximum atomic E-state index is 12.0. The lowest BCUT2D eigenvalue weighted by Gasteiger charge is -2.13. The van der Waals surface area contributed by atoms with Gasteiger partial charge in [-0.2, -0.15) is 0 Å². The number of methoxy groups -OCH3 is 1. The Kier molecular flexibility index (Phi) is 6.51. The van der Waals surface area contributed by atoms with Gasteiger partial charge in [-0.3, -0.25) is 9.13 Å². The first-order valence-corrected chi connectivity index (χ1v) is 9.26. The number of fused-ring (bicyclic) bond motifs is 1. The second kappa shape index (κ2) is 9.05. The molecule has 0 amide bonds. The molecule has 7 nitrogen and oxygen atoms in total. The number of rotatable bonds is 9. The highest BCUT2D eigenvalue weighted by atomic mass is 16.5. The number of benzene rings is 2. The van der Waals surface area contributed by atoms with Gasteiger partial charge in [0.15, 0.2) is 0 Å². The van der Waals surface area contributed by atoms with E-state index < -0.39 is 6.10 Å². The molecule has 0 saturated carbocycles. The minimum atomic E-state index is -0.782. The van der Waals surface area contributed by atoms with Crippen LogP contribution in [0.2, 0.25) is 0 Å². The number of aromatic nitrogens is 2. The zero-order chi connectivity index (χ0) is 20.1. The minimum Gasteiger partial charge on any atom is -0.491 e. The number of imidazole rings is 1. The first kappa shape index (κ1) is 20.1. The zero-order valence-electron chi connectivity index (χ0n) is 16.5. The first-order valence-electron chi connectivity index (χ1n) is 9.26. The summed E-state index contributed by atoms with van der Waals surface area (Å²) >= 11 is 0. The molecule has 0 radical (unpaired) electrons. The number of aryl methyl sites for hydroxylation is 2. The van der Waals surface area contributed by atoms with Crippen molar-refractivity contribution in [2.45, 2.75) is 12.6 Å². The normalized spacial score (nSPS) is 12.4. The summed E-state index contributed by atoms with van der Waals surface area (Å²) in [5, 5.41) is 13.8. The van der Waals surface area contributed by atoms with E-state index in [1.165, 1.54) is 0 Å². The van der Waals surface area contributed by atoms with Gasteiger partial charge in [0.1, 0.15) is 18.5 Å². The van der Waals surface area contributed by atoms with E-state index in [2.05, 4.69) is 5.32 Å². The number of nitrogens with zero attached hydrogens (tertiary/aromatic N) is 2. The lowest BCUT2D eigenvalue weighted by atomic mass is 10.1. The van der Waals surface area contributed by atoms with Crippen molar-refractivity contribution in [2.24, 2.45) is 14.1 Å². The van der Waals surface area contributed by atoms with Gasteiger partial charge in [-0.15, -0.1) is 0 Å².